The van der Waals surface area contributed by atoms with Crippen molar-refractivity contribution in [1.29, 1.82) is 0 Å². The molecule has 0 bridgehead atoms. The van der Waals surface area contributed by atoms with Crippen molar-refractivity contribution in [1.82, 2.24) is 9.88 Å². The van der Waals surface area contributed by atoms with Crippen LogP contribution in [0.3, 0.4) is 0 Å². The first-order valence-corrected chi connectivity index (χ1v) is 6.58. The summed E-state index contributed by atoms with van der Waals surface area (Å²) < 4.78 is 0. The first-order chi connectivity index (χ1) is 8.56. The van der Waals surface area contributed by atoms with E-state index in [9.17, 15) is 4.79 Å². The van der Waals surface area contributed by atoms with E-state index < -0.39 is 0 Å². The van der Waals surface area contributed by atoms with Gasteiger partial charge >= 0.3 is 0 Å². The van der Waals surface area contributed by atoms with Crippen molar-refractivity contribution in [3.05, 3.63) is 45.2 Å². The molecule has 0 aliphatic carbocycles. The monoisotopic (exact) mass is 281 g/mol. The molecule has 2 aromatic heterocycles. The number of carbonyl (C=O) groups is 1. The maximum atomic E-state index is 12.2. The molecule has 0 aliphatic heterocycles. The molecule has 94 valence electrons. The first kappa shape index (κ1) is 12.9. The summed E-state index contributed by atoms with van der Waals surface area (Å²) in [6.07, 6.45) is 0. The third kappa shape index (κ3) is 3.00. The molecule has 0 radical (unpaired) electrons. The Balaban J connectivity index is 2.15. The number of aromatic nitrogens is 1. The number of nitrogens with zero attached hydrogens (tertiary/aromatic N) is 2. The molecule has 4 nitrogen and oxygen atoms in total. The SMILES string of the molecule is CN(Cc1ccsc1)C(=O)c1cc(N)nc(Cl)c1. The van der Waals surface area contributed by atoms with Crippen LogP contribution in [-0.2, 0) is 6.54 Å². The standard InChI is InChI=1S/C12H12ClN3OS/c1-16(6-8-2-3-18-7-8)12(17)9-4-10(13)15-11(14)5-9/h2-5,7H,6H2,1H3,(H2,14,15). The average molecular weight is 282 g/mol. The maximum absolute atomic E-state index is 12.2. The zero-order valence-electron chi connectivity index (χ0n) is 9.76. The second kappa shape index (κ2) is 5.37. The van der Waals surface area contributed by atoms with E-state index in [0.717, 1.165) is 5.56 Å². The number of pyridine rings is 1. The molecule has 0 aliphatic rings. The van der Waals surface area contributed by atoms with Crippen LogP contribution in [0, 0.1) is 0 Å². The molecule has 6 heteroatoms. The summed E-state index contributed by atoms with van der Waals surface area (Å²) in [6, 6.07) is 5.03. The number of hydrogen-bond acceptors (Lipinski definition) is 4. The number of amides is 1. The molecule has 0 spiro atoms. The Bertz CT molecular complexity index is 536. The molecule has 0 saturated heterocycles. The number of rotatable bonds is 3. The highest BCUT2D eigenvalue weighted by Crippen LogP contribution is 2.15. The third-order valence-corrected chi connectivity index (χ3v) is 3.33. The van der Waals surface area contributed by atoms with E-state index in [0.29, 0.717) is 12.1 Å². The van der Waals surface area contributed by atoms with Crippen LogP contribution >= 0.6 is 22.9 Å². The fraction of sp³-hybridized carbons (Fsp3) is 0.167. The predicted octanol–water partition coefficient (Wildman–Crippen LogP) is 2.65. The zero-order valence-corrected chi connectivity index (χ0v) is 11.3. The minimum atomic E-state index is -0.128. The largest absolute Gasteiger partial charge is 0.384 e. The maximum Gasteiger partial charge on any atom is 0.254 e. The van der Waals surface area contributed by atoms with E-state index in [2.05, 4.69) is 4.98 Å². The van der Waals surface area contributed by atoms with Crippen LogP contribution in [-0.4, -0.2) is 22.8 Å². The van der Waals surface area contributed by atoms with Crippen molar-refractivity contribution in [3.8, 4) is 0 Å². The van der Waals surface area contributed by atoms with Crippen molar-refractivity contribution in [2.24, 2.45) is 0 Å². The van der Waals surface area contributed by atoms with Crippen LogP contribution in [0.5, 0.6) is 0 Å². The topological polar surface area (TPSA) is 59.2 Å². The van der Waals surface area contributed by atoms with Gasteiger partial charge in [0, 0.05) is 19.2 Å². The number of carbonyl (C=O) groups excluding carboxylic acids is 1. The van der Waals surface area contributed by atoms with Crippen LogP contribution < -0.4 is 5.73 Å². The Hall–Kier alpha value is -1.59. The normalized spacial score (nSPS) is 10.3. The van der Waals surface area contributed by atoms with Crippen molar-refractivity contribution in [3.63, 3.8) is 0 Å². The second-order valence-corrected chi connectivity index (χ2v) is 5.06. The lowest BCUT2D eigenvalue weighted by Gasteiger charge is -2.16. The average Bonchev–Trinajstić information content (AvgIpc) is 2.79. The van der Waals surface area contributed by atoms with Gasteiger partial charge in [-0.15, -0.1) is 0 Å². The lowest BCUT2D eigenvalue weighted by atomic mass is 10.2. The Morgan fingerprint density at radius 3 is 2.94 bits per heavy atom. The Kier molecular flexibility index (Phi) is 3.84. The summed E-state index contributed by atoms with van der Waals surface area (Å²) >= 11 is 7.39. The highest BCUT2D eigenvalue weighted by Gasteiger charge is 2.13. The molecule has 2 heterocycles. The molecule has 2 N–H and O–H groups in total. The Morgan fingerprint density at radius 2 is 2.33 bits per heavy atom. The number of thiophene rings is 1. The van der Waals surface area contributed by atoms with Gasteiger partial charge in [0.1, 0.15) is 11.0 Å². The van der Waals surface area contributed by atoms with Gasteiger partial charge in [-0.3, -0.25) is 4.79 Å². The Labute approximate surface area is 114 Å². The van der Waals surface area contributed by atoms with E-state index in [1.165, 1.54) is 12.1 Å². The second-order valence-electron chi connectivity index (χ2n) is 3.90. The highest BCUT2D eigenvalue weighted by molar-refractivity contribution is 7.07. The Morgan fingerprint density at radius 1 is 1.56 bits per heavy atom. The van der Waals surface area contributed by atoms with Gasteiger partial charge in [0.25, 0.3) is 5.91 Å². The van der Waals surface area contributed by atoms with Crippen LogP contribution in [0.1, 0.15) is 15.9 Å². The molecule has 0 fully saturated rings. The highest BCUT2D eigenvalue weighted by atomic mass is 35.5. The van der Waals surface area contributed by atoms with Crippen LogP contribution in [0.15, 0.2) is 29.0 Å². The molecular formula is C12H12ClN3OS. The molecule has 0 unspecified atom stereocenters. The van der Waals surface area contributed by atoms with Crippen molar-refractivity contribution >= 4 is 34.7 Å². The van der Waals surface area contributed by atoms with Crippen LogP contribution in [0.4, 0.5) is 5.82 Å². The summed E-state index contributed by atoms with van der Waals surface area (Å²) in [5, 5.41) is 4.22. The summed E-state index contributed by atoms with van der Waals surface area (Å²) in [5.41, 5.74) is 7.12. The van der Waals surface area contributed by atoms with Crippen LogP contribution in [0.25, 0.3) is 0 Å². The molecular weight excluding hydrogens is 270 g/mol. The van der Waals surface area contributed by atoms with Gasteiger partial charge in [0.15, 0.2) is 0 Å². The van der Waals surface area contributed by atoms with Gasteiger partial charge < -0.3 is 10.6 Å². The fourth-order valence-corrected chi connectivity index (χ4v) is 2.46. The number of hydrogen-bond donors (Lipinski definition) is 1. The van der Waals surface area contributed by atoms with Gasteiger partial charge in [-0.2, -0.15) is 11.3 Å². The molecule has 18 heavy (non-hydrogen) atoms. The predicted molar refractivity (Wildman–Crippen MR) is 73.8 cm³/mol. The quantitative estimate of drug-likeness (QED) is 0.880. The molecule has 0 aromatic carbocycles. The zero-order chi connectivity index (χ0) is 13.1. The van der Waals surface area contributed by atoms with Crippen molar-refractivity contribution < 1.29 is 4.79 Å². The van der Waals surface area contributed by atoms with E-state index in [4.69, 9.17) is 17.3 Å². The molecule has 2 aromatic rings. The van der Waals surface area contributed by atoms with E-state index in [1.54, 1.807) is 23.3 Å². The van der Waals surface area contributed by atoms with Gasteiger partial charge in [0.05, 0.1) is 0 Å². The fourth-order valence-electron chi connectivity index (χ4n) is 1.59. The summed E-state index contributed by atoms with van der Waals surface area (Å²) in [4.78, 5) is 17.6. The first-order valence-electron chi connectivity index (χ1n) is 5.26. The molecule has 1 amide bonds. The number of nitrogens with two attached hydrogens (primary N) is 1. The smallest absolute Gasteiger partial charge is 0.254 e. The molecule has 0 saturated carbocycles. The summed E-state index contributed by atoms with van der Waals surface area (Å²) in [6.45, 7) is 0.558. The van der Waals surface area contributed by atoms with Crippen molar-refractivity contribution in [2.45, 2.75) is 6.54 Å². The minimum Gasteiger partial charge on any atom is -0.384 e. The van der Waals surface area contributed by atoms with Gasteiger partial charge in [0.2, 0.25) is 0 Å². The van der Waals surface area contributed by atoms with Crippen LogP contribution in [0.2, 0.25) is 5.15 Å². The van der Waals surface area contributed by atoms with Gasteiger partial charge in [-0.25, -0.2) is 4.98 Å². The van der Waals surface area contributed by atoms with Crippen molar-refractivity contribution in [2.75, 3.05) is 12.8 Å². The minimum absolute atomic E-state index is 0.128. The number of halogens is 1. The van der Waals surface area contributed by atoms with E-state index in [1.807, 2.05) is 16.8 Å². The molecule has 0 atom stereocenters. The lowest BCUT2D eigenvalue weighted by molar-refractivity contribution is 0.0785. The van der Waals surface area contributed by atoms with Gasteiger partial charge in [-0.05, 0) is 34.5 Å². The summed E-state index contributed by atoms with van der Waals surface area (Å²) in [7, 11) is 1.74. The van der Waals surface area contributed by atoms with E-state index in [-0.39, 0.29) is 16.9 Å². The molecule has 2 rings (SSSR count). The van der Waals surface area contributed by atoms with Gasteiger partial charge in [-0.1, -0.05) is 11.6 Å². The summed E-state index contributed by atoms with van der Waals surface area (Å²) in [5.74, 6) is 0.118. The lowest BCUT2D eigenvalue weighted by Crippen LogP contribution is -2.26. The third-order valence-electron chi connectivity index (χ3n) is 2.41. The van der Waals surface area contributed by atoms with E-state index >= 15 is 0 Å². The number of nitrogen functional groups attached to an aromatic ring is 1. The number of anilines is 1.